The van der Waals surface area contributed by atoms with Gasteiger partial charge in [-0.2, -0.15) is 5.10 Å². The third kappa shape index (κ3) is 3.69. The molecule has 0 aliphatic carbocycles. The van der Waals surface area contributed by atoms with Crippen molar-refractivity contribution >= 4 is 22.8 Å². The number of para-hydroxylation sites is 1. The Labute approximate surface area is 186 Å². The van der Waals surface area contributed by atoms with Crippen LogP contribution >= 0.6 is 0 Å². The van der Waals surface area contributed by atoms with Gasteiger partial charge < -0.3 is 0 Å². The molecule has 0 aliphatic rings. The van der Waals surface area contributed by atoms with Crippen LogP contribution in [0.5, 0.6) is 0 Å². The molecular formula is C25H23N7. The molecule has 0 spiro atoms. The Kier molecular flexibility index (Phi) is 4.86. The molecule has 0 fully saturated rings. The van der Waals surface area contributed by atoms with Crippen molar-refractivity contribution in [3.63, 3.8) is 0 Å². The van der Waals surface area contributed by atoms with Gasteiger partial charge in [-0.05, 0) is 69.2 Å². The van der Waals surface area contributed by atoms with Crippen LogP contribution in [0.4, 0.5) is 11.9 Å². The van der Waals surface area contributed by atoms with E-state index < -0.39 is 0 Å². The van der Waals surface area contributed by atoms with E-state index in [1.165, 1.54) is 11.1 Å². The zero-order valence-electron chi connectivity index (χ0n) is 18.5. The quantitative estimate of drug-likeness (QED) is 0.427. The molecule has 5 aromatic rings. The number of nitrogens with one attached hydrogen (secondary N) is 1. The predicted molar refractivity (Wildman–Crippen MR) is 126 cm³/mol. The van der Waals surface area contributed by atoms with Gasteiger partial charge in [-0.15, -0.1) is 0 Å². The maximum absolute atomic E-state index is 4.69. The molecule has 0 saturated heterocycles. The fraction of sp³-hybridized carbons (Fsp3) is 0.160. The summed E-state index contributed by atoms with van der Waals surface area (Å²) in [5.74, 6) is 0.920. The number of rotatable bonds is 4. The Morgan fingerprint density at radius 2 is 1.56 bits per heavy atom. The molecule has 158 valence electrons. The first kappa shape index (κ1) is 19.8. The van der Waals surface area contributed by atoms with Gasteiger partial charge in [0.1, 0.15) is 0 Å². The first-order valence-corrected chi connectivity index (χ1v) is 10.5. The van der Waals surface area contributed by atoms with Crippen molar-refractivity contribution in [1.29, 1.82) is 0 Å². The summed E-state index contributed by atoms with van der Waals surface area (Å²) < 4.78 is 1.86. The lowest BCUT2D eigenvalue weighted by atomic mass is 10.1. The van der Waals surface area contributed by atoms with E-state index in [0.29, 0.717) is 11.9 Å². The highest BCUT2D eigenvalue weighted by Crippen LogP contribution is 2.25. The second kappa shape index (κ2) is 7.85. The molecule has 1 N–H and O–H groups in total. The number of nitrogens with zero attached hydrogens (tertiary/aromatic N) is 6. The molecule has 7 nitrogen and oxygen atoms in total. The van der Waals surface area contributed by atoms with Gasteiger partial charge in [-0.1, -0.05) is 18.2 Å². The van der Waals surface area contributed by atoms with E-state index in [4.69, 9.17) is 4.98 Å². The first-order chi connectivity index (χ1) is 15.5. The standard InChI is InChI=1S/C25H23N7/c1-15-12-20-17(3)27-25(29-23(20)13-16(15)2)30-24-26-11-10-22(28-24)21-14-32(31-18(21)4)19-8-6-5-7-9-19/h5-14H,1-4H3,(H,26,27,28,29,30). The summed E-state index contributed by atoms with van der Waals surface area (Å²) in [5.41, 5.74) is 7.86. The third-order valence-corrected chi connectivity index (χ3v) is 5.58. The van der Waals surface area contributed by atoms with Crippen LogP contribution in [0.2, 0.25) is 0 Å². The highest BCUT2D eigenvalue weighted by atomic mass is 15.3. The van der Waals surface area contributed by atoms with E-state index in [0.717, 1.165) is 39.2 Å². The molecule has 0 bridgehead atoms. The van der Waals surface area contributed by atoms with Gasteiger partial charge in [0, 0.05) is 23.3 Å². The lowest BCUT2D eigenvalue weighted by molar-refractivity contribution is 0.863. The summed E-state index contributed by atoms with van der Waals surface area (Å²) in [6.45, 7) is 8.15. The SMILES string of the molecule is Cc1cc2nc(Nc3nccc(-c4cn(-c5ccccc5)nc4C)n3)nc(C)c2cc1C. The van der Waals surface area contributed by atoms with Crippen LogP contribution in [0.3, 0.4) is 0 Å². The van der Waals surface area contributed by atoms with Crippen molar-refractivity contribution in [2.45, 2.75) is 27.7 Å². The van der Waals surface area contributed by atoms with Crippen LogP contribution in [0.15, 0.2) is 60.9 Å². The van der Waals surface area contributed by atoms with E-state index in [2.05, 4.69) is 51.3 Å². The largest absolute Gasteiger partial charge is 0.293 e. The second-order valence-corrected chi connectivity index (χ2v) is 7.89. The number of aromatic nitrogens is 6. The topological polar surface area (TPSA) is 81.4 Å². The average molecular weight is 422 g/mol. The molecule has 3 heterocycles. The minimum atomic E-state index is 0.442. The summed E-state index contributed by atoms with van der Waals surface area (Å²) in [6, 6.07) is 16.1. The highest BCUT2D eigenvalue weighted by molar-refractivity contribution is 5.83. The Morgan fingerprint density at radius 3 is 2.38 bits per heavy atom. The summed E-state index contributed by atoms with van der Waals surface area (Å²) >= 11 is 0. The molecule has 0 aliphatic heterocycles. The highest BCUT2D eigenvalue weighted by Gasteiger charge is 2.12. The van der Waals surface area contributed by atoms with Crippen molar-refractivity contribution in [2.24, 2.45) is 0 Å². The number of anilines is 2. The molecule has 5 rings (SSSR count). The maximum Gasteiger partial charge on any atom is 0.230 e. The van der Waals surface area contributed by atoms with E-state index in [9.17, 15) is 0 Å². The molecule has 0 radical (unpaired) electrons. The minimum absolute atomic E-state index is 0.442. The van der Waals surface area contributed by atoms with Crippen LogP contribution < -0.4 is 5.32 Å². The van der Waals surface area contributed by atoms with Gasteiger partial charge in [-0.25, -0.2) is 24.6 Å². The Balaban J connectivity index is 1.48. The Hall–Kier alpha value is -4.13. The smallest absolute Gasteiger partial charge is 0.230 e. The van der Waals surface area contributed by atoms with E-state index >= 15 is 0 Å². The van der Waals surface area contributed by atoms with Crippen LogP contribution in [0.25, 0.3) is 27.8 Å². The van der Waals surface area contributed by atoms with Gasteiger partial charge in [0.25, 0.3) is 0 Å². The van der Waals surface area contributed by atoms with E-state index in [-0.39, 0.29) is 0 Å². The molecular weight excluding hydrogens is 398 g/mol. The number of hydrogen-bond acceptors (Lipinski definition) is 6. The molecule has 3 aromatic heterocycles. The zero-order valence-corrected chi connectivity index (χ0v) is 18.5. The summed E-state index contributed by atoms with van der Waals surface area (Å²) in [4.78, 5) is 18.3. The normalized spacial score (nSPS) is 11.1. The monoisotopic (exact) mass is 421 g/mol. The zero-order chi connectivity index (χ0) is 22.2. The lowest BCUT2D eigenvalue weighted by Crippen LogP contribution is -2.03. The Bertz CT molecular complexity index is 1440. The van der Waals surface area contributed by atoms with Gasteiger partial charge in [-0.3, -0.25) is 5.32 Å². The molecule has 2 aromatic carbocycles. The van der Waals surface area contributed by atoms with Crippen molar-refractivity contribution in [3.8, 4) is 16.9 Å². The molecule has 0 saturated carbocycles. The second-order valence-electron chi connectivity index (χ2n) is 7.89. The minimum Gasteiger partial charge on any atom is -0.293 e. The molecule has 0 amide bonds. The number of hydrogen-bond donors (Lipinski definition) is 1. The lowest BCUT2D eigenvalue weighted by Gasteiger charge is -2.09. The van der Waals surface area contributed by atoms with Crippen molar-refractivity contribution < 1.29 is 0 Å². The number of benzene rings is 2. The fourth-order valence-electron chi connectivity index (χ4n) is 3.69. The van der Waals surface area contributed by atoms with Gasteiger partial charge in [0.05, 0.1) is 28.3 Å². The summed E-state index contributed by atoms with van der Waals surface area (Å²) in [5, 5.41) is 8.86. The van der Waals surface area contributed by atoms with Crippen LogP contribution in [0.1, 0.15) is 22.5 Å². The summed E-state index contributed by atoms with van der Waals surface area (Å²) in [7, 11) is 0. The van der Waals surface area contributed by atoms with Crippen LogP contribution in [0, 0.1) is 27.7 Å². The molecule has 0 unspecified atom stereocenters. The van der Waals surface area contributed by atoms with E-state index in [1.807, 2.05) is 61.1 Å². The molecule has 0 atom stereocenters. The van der Waals surface area contributed by atoms with Gasteiger partial charge in [0.2, 0.25) is 11.9 Å². The van der Waals surface area contributed by atoms with Crippen molar-refractivity contribution in [3.05, 3.63) is 83.4 Å². The van der Waals surface area contributed by atoms with Gasteiger partial charge >= 0.3 is 0 Å². The molecule has 7 heteroatoms. The maximum atomic E-state index is 4.69. The summed E-state index contributed by atoms with van der Waals surface area (Å²) in [6.07, 6.45) is 3.71. The number of aryl methyl sites for hydroxylation is 4. The fourth-order valence-corrected chi connectivity index (χ4v) is 3.69. The van der Waals surface area contributed by atoms with Gasteiger partial charge in [0.15, 0.2) is 0 Å². The van der Waals surface area contributed by atoms with E-state index in [1.54, 1.807) is 6.20 Å². The third-order valence-electron chi connectivity index (χ3n) is 5.58. The van der Waals surface area contributed by atoms with Crippen LogP contribution in [-0.4, -0.2) is 29.7 Å². The van der Waals surface area contributed by atoms with Crippen LogP contribution in [-0.2, 0) is 0 Å². The Morgan fingerprint density at radius 1 is 0.781 bits per heavy atom. The average Bonchev–Trinajstić information content (AvgIpc) is 3.18. The number of fused-ring (bicyclic) bond motifs is 1. The van der Waals surface area contributed by atoms with Crippen molar-refractivity contribution in [2.75, 3.05) is 5.32 Å². The van der Waals surface area contributed by atoms with Crippen molar-refractivity contribution in [1.82, 2.24) is 29.7 Å². The first-order valence-electron chi connectivity index (χ1n) is 10.5. The molecule has 32 heavy (non-hydrogen) atoms. The predicted octanol–water partition coefficient (Wildman–Crippen LogP) is 5.25.